The second kappa shape index (κ2) is 7.93. The van der Waals surface area contributed by atoms with Crippen LogP contribution in [0.25, 0.3) is 11.5 Å². The molecule has 8 heteroatoms. The zero-order valence-electron chi connectivity index (χ0n) is 15.9. The van der Waals surface area contributed by atoms with Crippen LogP contribution in [0, 0.1) is 13.8 Å². The summed E-state index contributed by atoms with van der Waals surface area (Å²) < 4.78 is 29.2. The first-order valence-corrected chi connectivity index (χ1v) is 10.5. The third-order valence-corrected chi connectivity index (χ3v) is 6.11. The Morgan fingerprint density at radius 1 is 1.07 bits per heavy atom. The largest absolute Gasteiger partial charge is 0.403 e. The van der Waals surface area contributed by atoms with Crippen LogP contribution in [-0.4, -0.2) is 30.3 Å². The molecule has 0 saturated heterocycles. The molecule has 146 valence electrons. The molecule has 0 aliphatic heterocycles. The van der Waals surface area contributed by atoms with E-state index in [9.17, 15) is 13.2 Å². The van der Waals surface area contributed by atoms with Gasteiger partial charge in [-0.3, -0.25) is 10.1 Å². The molecule has 1 heterocycles. The summed E-state index contributed by atoms with van der Waals surface area (Å²) in [5, 5.41) is 10.3. The molecule has 3 rings (SSSR count). The van der Waals surface area contributed by atoms with Crippen molar-refractivity contribution in [3.8, 4) is 11.5 Å². The van der Waals surface area contributed by atoms with Crippen LogP contribution in [0.1, 0.15) is 23.6 Å². The van der Waals surface area contributed by atoms with E-state index >= 15 is 0 Å². The van der Waals surface area contributed by atoms with Gasteiger partial charge < -0.3 is 4.42 Å². The van der Waals surface area contributed by atoms with Gasteiger partial charge in [0.2, 0.25) is 11.8 Å². The highest BCUT2D eigenvalue weighted by Gasteiger charge is 2.15. The van der Waals surface area contributed by atoms with E-state index < -0.39 is 9.84 Å². The summed E-state index contributed by atoms with van der Waals surface area (Å²) in [4.78, 5) is 12.5. The molecule has 2 aromatic carbocycles. The van der Waals surface area contributed by atoms with E-state index in [1.807, 2.05) is 32.0 Å². The number of sulfone groups is 1. The van der Waals surface area contributed by atoms with Crippen LogP contribution in [0.2, 0.25) is 0 Å². The molecule has 0 bridgehead atoms. The van der Waals surface area contributed by atoms with E-state index in [1.54, 1.807) is 19.1 Å². The number of hydrogen-bond acceptors (Lipinski definition) is 6. The van der Waals surface area contributed by atoms with Crippen LogP contribution in [-0.2, 0) is 21.1 Å². The molecule has 0 aliphatic carbocycles. The van der Waals surface area contributed by atoms with Gasteiger partial charge in [0.05, 0.1) is 17.1 Å². The minimum Gasteiger partial charge on any atom is -0.403 e. The maximum absolute atomic E-state index is 12.2. The SMILES string of the molecule is CCS(=O)(=O)c1ccc(-c2nnc(NC(=O)Cc3ccc(C)cc3C)o2)cc1. The molecule has 0 unspecified atom stereocenters. The fourth-order valence-corrected chi connectivity index (χ4v) is 3.63. The lowest BCUT2D eigenvalue weighted by molar-refractivity contribution is -0.115. The van der Waals surface area contributed by atoms with Crippen molar-refractivity contribution in [2.45, 2.75) is 32.1 Å². The van der Waals surface area contributed by atoms with E-state index in [0.717, 1.165) is 16.7 Å². The topological polar surface area (TPSA) is 102 Å². The lowest BCUT2D eigenvalue weighted by Gasteiger charge is -2.06. The molecule has 0 aliphatic rings. The maximum atomic E-state index is 12.2. The van der Waals surface area contributed by atoms with Crippen LogP contribution in [0.4, 0.5) is 6.01 Å². The number of anilines is 1. The highest BCUT2D eigenvalue weighted by Crippen LogP contribution is 2.22. The number of carbonyl (C=O) groups excluding carboxylic acids is 1. The third-order valence-electron chi connectivity index (χ3n) is 4.36. The van der Waals surface area contributed by atoms with Crippen molar-refractivity contribution < 1.29 is 17.6 Å². The number of aryl methyl sites for hydroxylation is 2. The first kappa shape index (κ1) is 19.8. The van der Waals surface area contributed by atoms with Crippen molar-refractivity contribution >= 4 is 21.8 Å². The standard InChI is InChI=1S/C20H21N3O4S/c1-4-28(25,26)17-9-7-15(8-10-17)19-22-23-20(27-19)21-18(24)12-16-6-5-13(2)11-14(16)3/h5-11H,4,12H2,1-3H3,(H,21,23,24). The summed E-state index contributed by atoms with van der Waals surface area (Å²) >= 11 is 0. The third kappa shape index (κ3) is 4.45. The first-order chi connectivity index (χ1) is 13.3. The number of amides is 1. The van der Waals surface area contributed by atoms with Gasteiger partial charge in [-0.25, -0.2) is 8.42 Å². The van der Waals surface area contributed by atoms with Gasteiger partial charge in [-0.2, -0.15) is 0 Å². The average molecular weight is 399 g/mol. The molecule has 0 atom stereocenters. The number of nitrogens with one attached hydrogen (secondary N) is 1. The number of carbonyl (C=O) groups is 1. The average Bonchev–Trinajstić information content (AvgIpc) is 3.12. The van der Waals surface area contributed by atoms with Gasteiger partial charge in [-0.15, -0.1) is 5.10 Å². The Morgan fingerprint density at radius 2 is 1.79 bits per heavy atom. The summed E-state index contributed by atoms with van der Waals surface area (Å²) in [7, 11) is -3.27. The number of aromatic nitrogens is 2. The van der Waals surface area contributed by atoms with E-state index in [2.05, 4.69) is 15.5 Å². The smallest absolute Gasteiger partial charge is 0.322 e. The Hall–Kier alpha value is -3.00. The molecule has 0 radical (unpaired) electrons. The van der Waals surface area contributed by atoms with Crippen LogP contribution in [0.5, 0.6) is 0 Å². The molecule has 3 aromatic rings. The molecule has 0 spiro atoms. The van der Waals surface area contributed by atoms with Crippen molar-refractivity contribution in [2.75, 3.05) is 11.1 Å². The Morgan fingerprint density at radius 3 is 2.43 bits per heavy atom. The van der Waals surface area contributed by atoms with Gasteiger partial charge in [0.15, 0.2) is 9.84 Å². The second-order valence-corrected chi connectivity index (χ2v) is 8.77. The second-order valence-electron chi connectivity index (χ2n) is 6.50. The molecule has 1 aromatic heterocycles. The minimum absolute atomic E-state index is 0.00461. The van der Waals surface area contributed by atoms with Gasteiger partial charge >= 0.3 is 6.01 Å². The van der Waals surface area contributed by atoms with Crippen LogP contribution in [0.3, 0.4) is 0 Å². The van der Waals surface area contributed by atoms with Crippen molar-refractivity contribution in [1.29, 1.82) is 0 Å². The zero-order valence-corrected chi connectivity index (χ0v) is 16.7. The number of rotatable bonds is 6. The fraction of sp³-hybridized carbons (Fsp3) is 0.250. The monoisotopic (exact) mass is 399 g/mol. The van der Waals surface area contributed by atoms with Gasteiger partial charge in [-0.05, 0) is 49.2 Å². The summed E-state index contributed by atoms with van der Waals surface area (Å²) in [6, 6.07) is 12.1. The number of nitrogens with zero attached hydrogens (tertiary/aromatic N) is 2. The molecule has 0 saturated carbocycles. The highest BCUT2D eigenvalue weighted by molar-refractivity contribution is 7.91. The van der Waals surface area contributed by atoms with Gasteiger partial charge in [0, 0.05) is 5.56 Å². The summed E-state index contributed by atoms with van der Waals surface area (Å²) in [5.74, 6) is -0.0300. The summed E-state index contributed by atoms with van der Waals surface area (Å²) in [5.41, 5.74) is 3.68. The lowest BCUT2D eigenvalue weighted by atomic mass is 10.0. The highest BCUT2D eigenvalue weighted by atomic mass is 32.2. The van der Waals surface area contributed by atoms with Gasteiger partial charge in [0.1, 0.15) is 0 Å². The normalized spacial score (nSPS) is 11.4. The molecular weight excluding hydrogens is 378 g/mol. The Balaban J connectivity index is 1.69. The van der Waals surface area contributed by atoms with Crippen molar-refractivity contribution in [1.82, 2.24) is 10.2 Å². The molecular formula is C20H21N3O4S. The number of benzene rings is 2. The molecule has 0 fully saturated rings. The minimum atomic E-state index is -3.27. The van der Waals surface area contributed by atoms with Crippen molar-refractivity contribution in [3.63, 3.8) is 0 Å². The Bertz CT molecular complexity index is 1100. The maximum Gasteiger partial charge on any atom is 0.322 e. The predicted octanol–water partition coefficient (Wildman–Crippen LogP) is 3.33. The quantitative estimate of drug-likeness (QED) is 0.682. The van der Waals surface area contributed by atoms with E-state index in [-0.39, 0.29) is 34.9 Å². The summed E-state index contributed by atoms with van der Waals surface area (Å²) in [6.07, 6.45) is 0.202. The van der Waals surface area contributed by atoms with Crippen LogP contribution >= 0.6 is 0 Å². The van der Waals surface area contributed by atoms with Crippen molar-refractivity contribution in [2.24, 2.45) is 0 Å². The summed E-state index contributed by atoms with van der Waals surface area (Å²) in [6.45, 7) is 5.55. The van der Waals surface area contributed by atoms with Gasteiger partial charge in [0.25, 0.3) is 0 Å². The van der Waals surface area contributed by atoms with Crippen molar-refractivity contribution in [3.05, 3.63) is 59.2 Å². The lowest BCUT2D eigenvalue weighted by Crippen LogP contribution is -2.15. The molecule has 28 heavy (non-hydrogen) atoms. The Labute approximate surface area is 163 Å². The number of hydrogen-bond donors (Lipinski definition) is 1. The fourth-order valence-electron chi connectivity index (χ4n) is 2.74. The zero-order chi connectivity index (χ0) is 20.3. The van der Waals surface area contributed by atoms with E-state index in [0.29, 0.717) is 5.56 Å². The molecule has 7 nitrogen and oxygen atoms in total. The first-order valence-electron chi connectivity index (χ1n) is 8.81. The van der Waals surface area contributed by atoms with Crippen LogP contribution in [0.15, 0.2) is 51.8 Å². The molecule has 1 N–H and O–H groups in total. The van der Waals surface area contributed by atoms with Crippen LogP contribution < -0.4 is 5.32 Å². The van der Waals surface area contributed by atoms with Gasteiger partial charge in [-0.1, -0.05) is 35.8 Å². The predicted molar refractivity (Wildman–Crippen MR) is 106 cm³/mol. The van der Waals surface area contributed by atoms with E-state index in [1.165, 1.54) is 12.1 Å². The molecule has 1 amide bonds. The Kier molecular flexibility index (Phi) is 5.60. The van der Waals surface area contributed by atoms with E-state index in [4.69, 9.17) is 4.42 Å².